The average Bonchev–Trinajstić information content (AvgIpc) is 3.19. The maximum absolute atomic E-state index is 10.5. The number of carboxylic acid groups (broad SMARTS) is 1. The third kappa shape index (κ3) is 5.28. The number of aliphatic hydroxyl groups is 1. The molecule has 1 aliphatic carbocycles. The smallest absolute Gasteiger partial charge is 0.329 e. The molecule has 0 aromatic carbocycles. The summed E-state index contributed by atoms with van der Waals surface area (Å²) in [6, 6.07) is 0. The van der Waals surface area contributed by atoms with Gasteiger partial charge in [-0.2, -0.15) is 0 Å². The van der Waals surface area contributed by atoms with Gasteiger partial charge in [-0.05, 0) is 37.5 Å². The molecule has 0 spiro atoms. The van der Waals surface area contributed by atoms with Crippen molar-refractivity contribution in [3.8, 4) is 0 Å². The van der Waals surface area contributed by atoms with Crippen LogP contribution in [-0.2, 0) is 14.3 Å². The van der Waals surface area contributed by atoms with Crippen molar-refractivity contribution < 1.29 is 24.5 Å². The Kier molecular flexibility index (Phi) is 6.91. The van der Waals surface area contributed by atoms with Gasteiger partial charge in [0.25, 0.3) is 0 Å². The molecule has 3 rings (SSSR count). The fourth-order valence-corrected chi connectivity index (χ4v) is 4.93. The summed E-state index contributed by atoms with van der Waals surface area (Å²) in [6.07, 6.45) is 14.7. The molecule has 1 unspecified atom stereocenters. The Balaban J connectivity index is 1.47. The van der Waals surface area contributed by atoms with Crippen LogP contribution in [-0.4, -0.2) is 47.7 Å². The highest BCUT2D eigenvalue weighted by atomic mass is 16.5. The molecule has 2 heterocycles. The molecule has 2 saturated heterocycles. The minimum Gasteiger partial charge on any atom is -0.480 e. The van der Waals surface area contributed by atoms with E-state index in [1.54, 1.807) is 0 Å². The van der Waals surface area contributed by atoms with E-state index in [1.807, 2.05) is 6.08 Å². The quantitative estimate of drug-likeness (QED) is 0.492. The first-order chi connectivity index (χ1) is 12.1. The number of ether oxygens (including phenoxy) is 2. The van der Waals surface area contributed by atoms with Crippen molar-refractivity contribution in [1.82, 2.24) is 0 Å². The molecular weight excluding hydrogens is 320 g/mol. The summed E-state index contributed by atoms with van der Waals surface area (Å²) in [6.45, 7) is 0.223. The summed E-state index contributed by atoms with van der Waals surface area (Å²) in [5.41, 5.74) is 0. The molecule has 3 aliphatic rings. The number of hydrogen-bond donors (Lipinski definition) is 2. The molecule has 5 nitrogen and oxygen atoms in total. The fourth-order valence-electron chi connectivity index (χ4n) is 4.93. The van der Waals surface area contributed by atoms with Gasteiger partial charge in [0.1, 0.15) is 6.61 Å². The normalized spacial score (nSPS) is 34.0. The monoisotopic (exact) mass is 352 g/mol. The van der Waals surface area contributed by atoms with E-state index in [2.05, 4.69) is 6.08 Å². The van der Waals surface area contributed by atoms with Crippen LogP contribution in [0.15, 0.2) is 12.2 Å². The van der Waals surface area contributed by atoms with E-state index >= 15 is 0 Å². The maximum atomic E-state index is 10.5. The van der Waals surface area contributed by atoms with Crippen LogP contribution in [0.5, 0.6) is 0 Å². The number of carbonyl (C=O) groups is 1. The Morgan fingerprint density at radius 3 is 2.68 bits per heavy atom. The number of hydrogen-bond acceptors (Lipinski definition) is 4. The van der Waals surface area contributed by atoms with Crippen LogP contribution in [0.1, 0.15) is 57.8 Å². The zero-order chi connectivity index (χ0) is 17.6. The summed E-state index contributed by atoms with van der Waals surface area (Å²) in [7, 11) is 0. The van der Waals surface area contributed by atoms with E-state index in [0.29, 0.717) is 24.4 Å². The first kappa shape index (κ1) is 18.9. The zero-order valence-electron chi connectivity index (χ0n) is 15.0. The lowest BCUT2D eigenvalue weighted by Crippen LogP contribution is -2.27. The molecule has 2 bridgehead atoms. The Bertz CT molecular complexity index is 457. The van der Waals surface area contributed by atoms with Crippen molar-refractivity contribution in [2.75, 3.05) is 13.2 Å². The molecule has 2 aliphatic heterocycles. The molecule has 1 saturated carbocycles. The van der Waals surface area contributed by atoms with Crippen molar-refractivity contribution in [3.05, 3.63) is 12.2 Å². The third-order valence-electron chi connectivity index (χ3n) is 6.16. The summed E-state index contributed by atoms with van der Waals surface area (Å²) < 4.78 is 11.3. The fraction of sp³-hybridized carbons (Fsp3) is 0.850. The Hall–Kier alpha value is -0.910. The molecular formula is C20H32O5. The summed E-state index contributed by atoms with van der Waals surface area (Å²) in [4.78, 5) is 10.5. The Morgan fingerprint density at radius 1 is 1.16 bits per heavy atom. The van der Waals surface area contributed by atoms with Gasteiger partial charge in [0.05, 0.1) is 18.3 Å². The highest BCUT2D eigenvalue weighted by Crippen LogP contribution is 2.45. The predicted molar refractivity (Wildman–Crippen MR) is 94.3 cm³/mol. The van der Waals surface area contributed by atoms with Crippen LogP contribution in [0, 0.1) is 17.8 Å². The van der Waals surface area contributed by atoms with E-state index in [9.17, 15) is 9.90 Å². The molecule has 0 radical (unpaired) electrons. The van der Waals surface area contributed by atoms with Crippen molar-refractivity contribution >= 4 is 5.97 Å². The first-order valence-corrected chi connectivity index (χ1v) is 9.95. The Morgan fingerprint density at radius 2 is 1.92 bits per heavy atom. The SMILES string of the molecule is O=C(O)COCC[C@H]1[C@@H](/C=C/C(O)CC2CCCCC2)[C@H]2CC[C@@H]1O2. The van der Waals surface area contributed by atoms with Crippen LogP contribution in [0.25, 0.3) is 0 Å². The molecule has 5 atom stereocenters. The molecule has 25 heavy (non-hydrogen) atoms. The summed E-state index contributed by atoms with van der Waals surface area (Å²) >= 11 is 0. The lowest BCUT2D eigenvalue weighted by atomic mass is 9.77. The number of fused-ring (bicyclic) bond motifs is 2. The molecule has 2 N–H and O–H groups in total. The lowest BCUT2D eigenvalue weighted by Gasteiger charge is -2.26. The number of aliphatic hydroxyl groups excluding tert-OH is 1. The molecule has 142 valence electrons. The second kappa shape index (κ2) is 9.15. The van der Waals surface area contributed by atoms with E-state index in [0.717, 1.165) is 25.7 Å². The van der Waals surface area contributed by atoms with Crippen LogP contribution in [0.2, 0.25) is 0 Å². The van der Waals surface area contributed by atoms with Crippen molar-refractivity contribution in [1.29, 1.82) is 0 Å². The topological polar surface area (TPSA) is 76.0 Å². The van der Waals surface area contributed by atoms with Crippen molar-refractivity contribution in [2.45, 2.75) is 76.1 Å². The van der Waals surface area contributed by atoms with Gasteiger partial charge in [0.15, 0.2) is 0 Å². The average molecular weight is 352 g/mol. The standard InChI is InChI=1S/C20H32O5/c21-15(12-14-4-2-1-3-5-14)6-7-16-17(10-11-24-13-20(22)23)19-9-8-18(16)25-19/h6-7,14-19,21H,1-5,8-13H2,(H,22,23)/b7-6+/t15?,16-,17+,18-,19+/m1/s1. The predicted octanol–water partition coefficient (Wildman–Crippen LogP) is 3.16. The van der Waals surface area contributed by atoms with Gasteiger partial charge in [-0.1, -0.05) is 44.3 Å². The number of rotatable bonds is 9. The summed E-state index contributed by atoms with van der Waals surface area (Å²) in [5, 5.41) is 19.0. The van der Waals surface area contributed by atoms with E-state index < -0.39 is 5.97 Å². The highest BCUT2D eigenvalue weighted by Gasteiger charge is 2.47. The number of carboxylic acids is 1. The van der Waals surface area contributed by atoms with Gasteiger partial charge in [-0.3, -0.25) is 0 Å². The minimum absolute atomic E-state index is 0.234. The highest BCUT2D eigenvalue weighted by molar-refractivity contribution is 5.67. The van der Waals surface area contributed by atoms with E-state index in [-0.39, 0.29) is 24.9 Å². The third-order valence-corrected chi connectivity index (χ3v) is 6.16. The zero-order valence-corrected chi connectivity index (χ0v) is 15.0. The van der Waals surface area contributed by atoms with Crippen molar-refractivity contribution in [2.24, 2.45) is 17.8 Å². The first-order valence-electron chi connectivity index (χ1n) is 9.95. The lowest BCUT2D eigenvalue weighted by molar-refractivity contribution is -0.142. The molecule has 0 aromatic rings. The van der Waals surface area contributed by atoms with Gasteiger partial charge in [0, 0.05) is 12.5 Å². The van der Waals surface area contributed by atoms with Crippen LogP contribution < -0.4 is 0 Å². The maximum Gasteiger partial charge on any atom is 0.329 e. The van der Waals surface area contributed by atoms with E-state index in [1.165, 1.54) is 32.1 Å². The Labute approximate surface area is 150 Å². The molecule has 0 aromatic heterocycles. The van der Waals surface area contributed by atoms with Gasteiger partial charge >= 0.3 is 5.97 Å². The molecule has 3 fully saturated rings. The second-order valence-corrected chi connectivity index (χ2v) is 7.96. The van der Waals surface area contributed by atoms with E-state index in [4.69, 9.17) is 14.6 Å². The van der Waals surface area contributed by atoms with Gasteiger partial charge < -0.3 is 19.7 Å². The minimum atomic E-state index is -0.925. The van der Waals surface area contributed by atoms with Gasteiger partial charge in [-0.25, -0.2) is 4.79 Å². The largest absolute Gasteiger partial charge is 0.480 e. The van der Waals surface area contributed by atoms with Crippen LogP contribution >= 0.6 is 0 Å². The van der Waals surface area contributed by atoms with Crippen LogP contribution in [0.4, 0.5) is 0 Å². The molecule has 0 amide bonds. The summed E-state index contributed by atoms with van der Waals surface area (Å²) in [5.74, 6) is 0.454. The number of aliphatic carboxylic acids is 1. The van der Waals surface area contributed by atoms with Crippen molar-refractivity contribution in [3.63, 3.8) is 0 Å². The van der Waals surface area contributed by atoms with Gasteiger partial charge in [-0.15, -0.1) is 0 Å². The molecule has 5 heteroatoms. The second-order valence-electron chi connectivity index (χ2n) is 7.96. The van der Waals surface area contributed by atoms with Gasteiger partial charge in [0.2, 0.25) is 0 Å². The van der Waals surface area contributed by atoms with Crippen LogP contribution in [0.3, 0.4) is 0 Å².